The lowest BCUT2D eigenvalue weighted by atomic mass is 9.69. The molecule has 1 rings (SSSR count). The lowest BCUT2D eigenvalue weighted by Gasteiger charge is -2.35. The standard InChI is InChI=1S/C18H30N2O4/c1-11(21)7-17(23)15(9-19)13-3-5-14(6-4-13)16(10-20)18(24)8-12(2)22/h13-16H,3-10,19-20H2,1-2H3. The summed E-state index contributed by atoms with van der Waals surface area (Å²) in [7, 11) is 0. The van der Waals surface area contributed by atoms with Crippen molar-refractivity contribution in [1.29, 1.82) is 0 Å². The van der Waals surface area contributed by atoms with Crippen LogP contribution in [-0.4, -0.2) is 36.2 Å². The Morgan fingerprint density at radius 1 is 0.750 bits per heavy atom. The van der Waals surface area contributed by atoms with Crippen molar-refractivity contribution in [3.8, 4) is 0 Å². The highest BCUT2D eigenvalue weighted by Gasteiger charge is 2.35. The van der Waals surface area contributed by atoms with E-state index >= 15 is 0 Å². The summed E-state index contributed by atoms with van der Waals surface area (Å²) in [5.41, 5.74) is 11.5. The molecule has 1 aliphatic rings. The van der Waals surface area contributed by atoms with E-state index < -0.39 is 0 Å². The minimum Gasteiger partial charge on any atom is -0.330 e. The molecule has 0 aromatic heterocycles. The van der Waals surface area contributed by atoms with Gasteiger partial charge in [0.1, 0.15) is 23.1 Å². The van der Waals surface area contributed by atoms with Crippen LogP contribution in [0.15, 0.2) is 0 Å². The third kappa shape index (κ3) is 5.91. The van der Waals surface area contributed by atoms with Gasteiger partial charge in [-0.1, -0.05) is 0 Å². The molecule has 2 atom stereocenters. The van der Waals surface area contributed by atoms with Crippen molar-refractivity contribution >= 4 is 23.1 Å². The van der Waals surface area contributed by atoms with Crippen molar-refractivity contribution in [2.24, 2.45) is 35.1 Å². The molecule has 6 heteroatoms. The molecule has 0 saturated heterocycles. The zero-order valence-corrected chi connectivity index (χ0v) is 14.8. The quantitative estimate of drug-likeness (QED) is 0.574. The lowest BCUT2D eigenvalue weighted by molar-refractivity contribution is -0.132. The van der Waals surface area contributed by atoms with Gasteiger partial charge in [-0.25, -0.2) is 0 Å². The molecule has 0 aromatic rings. The molecule has 0 spiro atoms. The van der Waals surface area contributed by atoms with Gasteiger partial charge in [0, 0.05) is 24.9 Å². The Morgan fingerprint density at radius 2 is 1.04 bits per heavy atom. The monoisotopic (exact) mass is 338 g/mol. The van der Waals surface area contributed by atoms with Gasteiger partial charge in [-0.3, -0.25) is 19.2 Å². The van der Waals surface area contributed by atoms with Crippen molar-refractivity contribution < 1.29 is 19.2 Å². The maximum atomic E-state index is 12.2. The molecule has 0 bridgehead atoms. The van der Waals surface area contributed by atoms with Gasteiger partial charge in [0.2, 0.25) is 0 Å². The largest absolute Gasteiger partial charge is 0.330 e. The first-order chi connectivity index (χ1) is 11.3. The molecule has 6 nitrogen and oxygen atoms in total. The van der Waals surface area contributed by atoms with Crippen molar-refractivity contribution in [1.82, 2.24) is 0 Å². The third-order valence-electron chi connectivity index (χ3n) is 5.14. The van der Waals surface area contributed by atoms with E-state index in [0.29, 0.717) is 0 Å². The van der Waals surface area contributed by atoms with Crippen LogP contribution in [-0.2, 0) is 19.2 Å². The zero-order chi connectivity index (χ0) is 18.3. The van der Waals surface area contributed by atoms with E-state index in [2.05, 4.69) is 0 Å². The smallest absolute Gasteiger partial charge is 0.144 e. The molecule has 1 aliphatic carbocycles. The highest BCUT2D eigenvalue weighted by atomic mass is 16.2. The van der Waals surface area contributed by atoms with E-state index in [1.54, 1.807) is 0 Å². The molecule has 1 fully saturated rings. The minimum atomic E-state index is -0.279. The first-order valence-corrected chi connectivity index (χ1v) is 8.74. The van der Waals surface area contributed by atoms with Crippen molar-refractivity contribution in [3.63, 3.8) is 0 Å². The summed E-state index contributed by atoms with van der Waals surface area (Å²) in [6.07, 6.45) is 3.12. The summed E-state index contributed by atoms with van der Waals surface area (Å²) in [4.78, 5) is 46.7. The van der Waals surface area contributed by atoms with Crippen LogP contribution in [0.4, 0.5) is 0 Å². The summed E-state index contributed by atoms with van der Waals surface area (Å²) < 4.78 is 0. The molecule has 1 saturated carbocycles. The van der Waals surface area contributed by atoms with Crippen LogP contribution >= 0.6 is 0 Å². The number of carbonyl (C=O) groups excluding carboxylic acids is 4. The van der Waals surface area contributed by atoms with Gasteiger partial charge in [-0.15, -0.1) is 0 Å². The van der Waals surface area contributed by atoms with Gasteiger partial charge < -0.3 is 11.5 Å². The van der Waals surface area contributed by atoms with Crippen molar-refractivity contribution in [3.05, 3.63) is 0 Å². The van der Waals surface area contributed by atoms with Gasteiger partial charge in [0.15, 0.2) is 0 Å². The fraction of sp³-hybridized carbons (Fsp3) is 0.778. The predicted molar refractivity (Wildman–Crippen MR) is 91.1 cm³/mol. The number of hydrogen-bond acceptors (Lipinski definition) is 6. The highest BCUT2D eigenvalue weighted by Crippen LogP contribution is 2.37. The molecular formula is C18H30N2O4. The molecule has 24 heavy (non-hydrogen) atoms. The van der Waals surface area contributed by atoms with Crippen molar-refractivity contribution in [2.45, 2.75) is 52.4 Å². The minimum absolute atomic E-state index is 0.0513. The second-order valence-corrected chi connectivity index (χ2v) is 7.05. The van der Waals surface area contributed by atoms with Crippen LogP contribution in [0.5, 0.6) is 0 Å². The Morgan fingerprint density at radius 3 is 1.25 bits per heavy atom. The Balaban J connectivity index is 2.63. The molecule has 0 amide bonds. The van der Waals surface area contributed by atoms with E-state index in [1.807, 2.05) is 0 Å². The Bertz CT molecular complexity index is 437. The fourth-order valence-corrected chi connectivity index (χ4v) is 3.88. The van der Waals surface area contributed by atoms with Crippen LogP contribution in [0.3, 0.4) is 0 Å². The predicted octanol–water partition coefficient (Wildman–Crippen LogP) is 1.04. The molecule has 0 radical (unpaired) electrons. The molecule has 0 aromatic carbocycles. The summed E-state index contributed by atoms with van der Waals surface area (Å²) >= 11 is 0. The molecule has 0 aliphatic heterocycles. The average molecular weight is 338 g/mol. The molecule has 2 unspecified atom stereocenters. The average Bonchev–Trinajstić information content (AvgIpc) is 2.48. The molecule has 136 valence electrons. The number of rotatable bonds is 10. The Kier molecular flexibility index (Phi) is 8.42. The number of carbonyl (C=O) groups is 4. The number of ketones is 4. The van der Waals surface area contributed by atoms with Crippen molar-refractivity contribution in [2.75, 3.05) is 13.1 Å². The van der Waals surface area contributed by atoms with E-state index in [0.717, 1.165) is 25.7 Å². The van der Waals surface area contributed by atoms with Crippen LogP contribution in [0.1, 0.15) is 52.4 Å². The van der Waals surface area contributed by atoms with E-state index in [-0.39, 0.29) is 72.7 Å². The summed E-state index contributed by atoms with van der Waals surface area (Å²) in [6.45, 7) is 3.33. The van der Waals surface area contributed by atoms with Crippen LogP contribution < -0.4 is 11.5 Å². The van der Waals surface area contributed by atoms with Crippen LogP contribution in [0.25, 0.3) is 0 Å². The van der Waals surface area contributed by atoms with Gasteiger partial charge in [-0.05, 0) is 51.4 Å². The fourth-order valence-electron chi connectivity index (χ4n) is 3.88. The summed E-state index contributed by atoms with van der Waals surface area (Å²) in [5.74, 6) is -0.639. The highest BCUT2D eigenvalue weighted by molar-refractivity contribution is 5.99. The Hall–Kier alpha value is -1.40. The van der Waals surface area contributed by atoms with Crippen LogP contribution in [0, 0.1) is 23.7 Å². The van der Waals surface area contributed by atoms with E-state index in [4.69, 9.17) is 11.5 Å². The van der Waals surface area contributed by atoms with Gasteiger partial charge >= 0.3 is 0 Å². The number of Topliss-reactive ketones (excluding diaryl/α,β-unsaturated/α-hetero) is 4. The van der Waals surface area contributed by atoms with E-state index in [1.165, 1.54) is 13.8 Å². The normalized spacial score (nSPS) is 23.3. The maximum absolute atomic E-state index is 12.2. The van der Waals surface area contributed by atoms with E-state index in [9.17, 15) is 19.2 Å². The summed E-state index contributed by atoms with van der Waals surface area (Å²) in [6, 6.07) is 0. The molecule has 0 heterocycles. The molecule has 4 N–H and O–H groups in total. The second-order valence-electron chi connectivity index (χ2n) is 7.05. The summed E-state index contributed by atoms with van der Waals surface area (Å²) in [5, 5.41) is 0. The lowest BCUT2D eigenvalue weighted by Crippen LogP contribution is -2.38. The van der Waals surface area contributed by atoms with Gasteiger partial charge in [0.25, 0.3) is 0 Å². The second kappa shape index (κ2) is 9.79. The SMILES string of the molecule is CC(=O)CC(=O)C(CN)C1CCC(C(CN)C(=O)CC(C)=O)CC1. The zero-order valence-electron chi connectivity index (χ0n) is 14.8. The first-order valence-electron chi connectivity index (χ1n) is 8.74. The topological polar surface area (TPSA) is 120 Å². The van der Waals surface area contributed by atoms with Gasteiger partial charge in [0.05, 0.1) is 12.8 Å². The third-order valence-corrected chi connectivity index (χ3v) is 5.14. The van der Waals surface area contributed by atoms with Crippen LogP contribution in [0.2, 0.25) is 0 Å². The maximum Gasteiger partial charge on any atom is 0.144 e. The Labute approximate surface area is 143 Å². The first kappa shape index (κ1) is 20.6. The molecular weight excluding hydrogens is 308 g/mol. The number of nitrogens with two attached hydrogens (primary N) is 2. The number of hydrogen-bond donors (Lipinski definition) is 2. The van der Waals surface area contributed by atoms with Gasteiger partial charge in [-0.2, -0.15) is 0 Å².